The first kappa shape index (κ1) is 16.2. The average molecular weight is 353 g/mol. The summed E-state index contributed by atoms with van der Waals surface area (Å²) >= 11 is 0. The van der Waals surface area contributed by atoms with E-state index < -0.39 is 0 Å². The first-order valence-corrected chi connectivity index (χ1v) is 8.26. The van der Waals surface area contributed by atoms with Crippen molar-refractivity contribution in [3.05, 3.63) is 65.7 Å². The first-order chi connectivity index (χ1) is 12.6. The third kappa shape index (κ3) is 2.90. The van der Waals surface area contributed by atoms with Crippen LogP contribution in [0.5, 0.6) is 5.75 Å². The molecule has 2 aromatic carbocycles. The van der Waals surface area contributed by atoms with Gasteiger partial charge in [-0.3, -0.25) is 4.79 Å². The minimum Gasteiger partial charge on any atom is -0.507 e. The normalized spacial score (nSPS) is 16.8. The Bertz CT molecular complexity index is 927. The lowest BCUT2D eigenvalue weighted by molar-refractivity contribution is 0.0732. The lowest BCUT2D eigenvalue weighted by Crippen LogP contribution is -2.30. The van der Waals surface area contributed by atoms with E-state index in [-0.39, 0.29) is 29.1 Å². The molecule has 0 unspecified atom stereocenters. The topological polar surface area (TPSA) is 84.1 Å². The summed E-state index contributed by atoms with van der Waals surface area (Å²) in [4.78, 5) is 14.7. The highest BCUT2D eigenvalue weighted by Gasteiger charge is 2.31. The fourth-order valence-electron chi connectivity index (χ4n) is 3.32. The Hall–Kier alpha value is -3.29. The summed E-state index contributed by atoms with van der Waals surface area (Å²) in [5.74, 6) is -0.689. The van der Waals surface area contributed by atoms with Gasteiger partial charge in [-0.2, -0.15) is 0 Å². The molecule has 0 aliphatic carbocycles. The number of amides is 1. The Morgan fingerprint density at radius 2 is 2.00 bits per heavy atom. The van der Waals surface area contributed by atoms with Gasteiger partial charge in [0.15, 0.2) is 0 Å². The van der Waals surface area contributed by atoms with Crippen LogP contribution in [0.15, 0.2) is 48.8 Å². The highest BCUT2D eigenvalue weighted by molar-refractivity contribution is 5.97. The molecule has 4 rings (SSSR count). The van der Waals surface area contributed by atoms with E-state index in [1.54, 1.807) is 29.2 Å². The predicted octanol–water partition coefficient (Wildman–Crippen LogP) is 2.48. The highest BCUT2D eigenvalue weighted by atomic mass is 19.1. The van der Waals surface area contributed by atoms with E-state index in [0.29, 0.717) is 12.2 Å². The monoisotopic (exact) mass is 353 g/mol. The third-order valence-corrected chi connectivity index (χ3v) is 4.59. The molecule has 1 aliphatic heterocycles. The number of carbonyl (C=O) groups excluding carboxylic acids is 1. The highest BCUT2D eigenvalue weighted by Crippen LogP contribution is 2.34. The van der Waals surface area contributed by atoms with Crippen LogP contribution >= 0.6 is 0 Å². The largest absolute Gasteiger partial charge is 0.507 e. The number of nitrogens with zero attached hydrogens (tertiary/aromatic N) is 5. The molecule has 0 spiro atoms. The second-order valence-electron chi connectivity index (χ2n) is 6.16. The zero-order chi connectivity index (χ0) is 18.1. The number of rotatable bonds is 3. The summed E-state index contributed by atoms with van der Waals surface area (Å²) in [5.41, 5.74) is 1.67. The van der Waals surface area contributed by atoms with Crippen molar-refractivity contribution < 1.29 is 14.3 Å². The Kier molecular flexibility index (Phi) is 4.08. The van der Waals surface area contributed by atoms with Gasteiger partial charge in [-0.1, -0.05) is 12.1 Å². The molecule has 1 aromatic heterocycles. The minimum absolute atomic E-state index is 0.123. The van der Waals surface area contributed by atoms with E-state index in [2.05, 4.69) is 15.5 Å². The Balaban J connectivity index is 1.61. The van der Waals surface area contributed by atoms with Crippen molar-refractivity contribution in [3.8, 4) is 11.4 Å². The molecule has 3 aromatic rings. The van der Waals surface area contributed by atoms with Crippen LogP contribution in [0.2, 0.25) is 0 Å². The van der Waals surface area contributed by atoms with Crippen LogP contribution in [-0.4, -0.2) is 42.7 Å². The van der Waals surface area contributed by atoms with E-state index in [4.69, 9.17) is 0 Å². The lowest BCUT2D eigenvalue weighted by Gasteiger charge is -2.25. The molecule has 7 nitrogen and oxygen atoms in total. The van der Waals surface area contributed by atoms with Crippen LogP contribution in [0.3, 0.4) is 0 Å². The van der Waals surface area contributed by atoms with E-state index in [0.717, 1.165) is 18.4 Å². The van der Waals surface area contributed by atoms with Crippen LogP contribution in [0.4, 0.5) is 4.39 Å². The van der Waals surface area contributed by atoms with Gasteiger partial charge < -0.3 is 10.0 Å². The van der Waals surface area contributed by atoms with Crippen molar-refractivity contribution in [1.29, 1.82) is 0 Å². The summed E-state index contributed by atoms with van der Waals surface area (Å²) in [6.07, 6.45) is 3.07. The molecule has 0 radical (unpaired) electrons. The molecule has 2 heterocycles. The molecular formula is C18H16FN5O2. The van der Waals surface area contributed by atoms with Gasteiger partial charge in [0.25, 0.3) is 5.91 Å². The summed E-state index contributed by atoms with van der Waals surface area (Å²) in [7, 11) is 0. The zero-order valence-corrected chi connectivity index (χ0v) is 13.8. The fraction of sp³-hybridized carbons (Fsp3) is 0.222. The van der Waals surface area contributed by atoms with Gasteiger partial charge in [-0.05, 0) is 53.1 Å². The maximum atomic E-state index is 13.2. The number of hydrogen-bond acceptors (Lipinski definition) is 5. The zero-order valence-electron chi connectivity index (χ0n) is 13.8. The average Bonchev–Trinajstić information content (AvgIpc) is 3.34. The second-order valence-corrected chi connectivity index (χ2v) is 6.16. The SMILES string of the molecule is O=C(c1ccc(-n2cnnn2)cc1O)N1CCC[C@H]1c1ccc(F)cc1. The van der Waals surface area contributed by atoms with E-state index in [9.17, 15) is 14.3 Å². The lowest BCUT2D eigenvalue weighted by atomic mass is 10.0. The Morgan fingerprint density at radius 1 is 1.19 bits per heavy atom. The molecule has 1 saturated heterocycles. The van der Waals surface area contributed by atoms with Crippen molar-refractivity contribution in [2.75, 3.05) is 6.54 Å². The molecule has 8 heteroatoms. The number of carbonyl (C=O) groups is 1. The molecule has 1 fully saturated rings. The number of phenols is 1. The Labute approximate surface area is 148 Å². The molecule has 26 heavy (non-hydrogen) atoms. The van der Waals surface area contributed by atoms with Gasteiger partial charge in [0, 0.05) is 12.6 Å². The van der Waals surface area contributed by atoms with E-state index in [1.807, 2.05) is 0 Å². The predicted molar refractivity (Wildman–Crippen MR) is 90.2 cm³/mol. The smallest absolute Gasteiger partial charge is 0.258 e. The quantitative estimate of drug-likeness (QED) is 0.782. The molecular weight excluding hydrogens is 337 g/mol. The van der Waals surface area contributed by atoms with Crippen LogP contribution in [0.1, 0.15) is 34.8 Å². The van der Waals surface area contributed by atoms with Crippen molar-refractivity contribution in [2.24, 2.45) is 0 Å². The maximum Gasteiger partial charge on any atom is 0.258 e. The van der Waals surface area contributed by atoms with E-state index >= 15 is 0 Å². The standard InChI is InChI=1S/C18H16FN5O2/c19-13-5-3-12(4-6-13)16-2-1-9-23(16)18(26)15-8-7-14(10-17(15)25)24-11-20-21-22-24/h3-8,10-11,16,25H,1-2,9H2/t16-/m0/s1. The molecule has 1 atom stereocenters. The number of phenolic OH excluding ortho intramolecular Hbond substituents is 1. The second kappa shape index (κ2) is 6.55. The van der Waals surface area contributed by atoms with Gasteiger partial charge in [-0.25, -0.2) is 9.07 Å². The van der Waals surface area contributed by atoms with E-state index in [1.165, 1.54) is 29.2 Å². The van der Waals surface area contributed by atoms with Crippen molar-refractivity contribution in [2.45, 2.75) is 18.9 Å². The number of likely N-dealkylation sites (tertiary alicyclic amines) is 1. The molecule has 1 amide bonds. The van der Waals surface area contributed by atoms with Gasteiger partial charge >= 0.3 is 0 Å². The number of hydrogen-bond donors (Lipinski definition) is 1. The molecule has 1 N–H and O–H groups in total. The fourth-order valence-corrected chi connectivity index (χ4v) is 3.32. The van der Waals surface area contributed by atoms with Gasteiger partial charge in [0.2, 0.25) is 0 Å². The summed E-state index contributed by atoms with van der Waals surface area (Å²) in [6.45, 7) is 0.592. The maximum absolute atomic E-state index is 13.2. The number of tetrazole rings is 1. The summed E-state index contributed by atoms with van der Waals surface area (Å²) in [6, 6.07) is 10.8. The minimum atomic E-state index is -0.305. The van der Waals surface area contributed by atoms with Crippen molar-refractivity contribution >= 4 is 5.91 Å². The Morgan fingerprint density at radius 3 is 2.69 bits per heavy atom. The van der Waals surface area contributed by atoms with Crippen LogP contribution in [-0.2, 0) is 0 Å². The first-order valence-electron chi connectivity index (χ1n) is 8.26. The number of aromatic nitrogens is 4. The van der Waals surface area contributed by atoms with Crippen molar-refractivity contribution in [3.63, 3.8) is 0 Å². The summed E-state index contributed by atoms with van der Waals surface area (Å²) in [5, 5.41) is 21.2. The molecule has 1 aliphatic rings. The molecule has 0 saturated carbocycles. The molecule has 132 valence electrons. The van der Waals surface area contributed by atoms with Gasteiger partial charge in [0.05, 0.1) is 17.3 Å². The number of benzene rings is 2. The van der Waals surface area contributed by atoms with Gasteiger partial charge in [0.1, 0.15) is 17.9 Å². The third-order valence-electron chi connectivity index (χ3n) is 4.59. The van der Waals surface area contributed by atoms with Gasteiger partial charge in [-0.15, -0.1) is 5.10 Å². The van der Waals surface area contributed by atoms with Crippen molar-refractivity contribution in [1.82, 2.24) is 25.1 Å². The molecule has 0 bridgehead atoms. The van der Waals surface area contributed by atoms with Crippen LogP contribution < -0.4 is 0 Å². The number of halogens is 1. The number of aromatic hydroxyl groups is 1. The van der Waals surface area contributed by atoms with Crippen LogP contribution in [0, 0.1) is 5.82 Å². The summed E-state index contributed by atoms with van der Waals surface area (Å²) < 4.78 is 14.6. The van der Waals surface area contributed by atoms with Crippen LogP contribution in [0.25, 0.3) is 5.69 Å².